The van der Waals surface area contributed by atoms with Gasteiger partial charge in [0.25, 0.3) is 0 Å². The highest BCUT2D eigenvalue weighted by molar-refractivity contribution is 6.33. The molecule has 0 atom stereocenters. The summed E-state index contributed by atoms with van der Waals surface area (Å²) in [6.45, 7) is 5.28. The maximum atomic E-state index is 11.3. The molecule has 0 bridgehead atoms. The Morgan fingerprint density at radius 1 is 1.23 bits per heavy atom. The van der Waals surface area contributed by atoms with Crippen LogP contribution in [0.25, 0.3) is 11.5 Å². The fourth-order valence-electron chi connectivity index (χ4n) is 2.47. The Morgan fingerprint density at radius 3 is 2.64 bits per heavy atom. The molecular weight excluding hydrogens is 304 g/mol. The monoisotopic (exact) mass is 320 g/mol. The summed E-state index contributed by atoms with van der Waals surface area (Å²) in [6.07, 6.45) is 0. The molecule has 0 aliphatic carbocycles. The molecule has 2 heterocycles. The molecule has 2 aromatic rings. The molecular formula is C15H17ClN4O2. The number of amides is 1. The number of nitrogens with zero attached hydrogens (tertiary/aromatic N) is 4. The number of hydrogen-bond donors (Lipinski definition) is 0. The second kappa shape index (κ2) is 6.46. The van der Waals surface area contributed by atoms with Gasteiger partial charge in [0.15, 0.2) is 0 Å². The first kappa shape index (κ1) is 15.0. The van der Waals surface area contributed by atoms with Crippen LogP contribution >= 0.6 is 11.6 Å². The molecule has 1 aromatic heterocycles. The summed E-state index contributed by atoms with van der Waals surface area (Å²) in [5.74, 6) is 1.12. The lowest BCUT2D eigenvalue weighted by Gasteiger charge is -2.33. The minimum Gasteiger partial charge on any atom is -0.419 e. The lowest BCUT2D eigenvalue weighted by Crippen LogP contribution is -2.47. The second-order valence-corrected chi connectivity index (χ2v) is 5.67. The van der Waals surface area contributed by atoms with Crippen molar-refractivity contribution in [3.8, 4) is 11.5 Å². The van der Waals surface area contributed by atoms with E-state index in [1.54, 1.807) is 13.0 Å². The Morgan fingerprint density at radius 2 is 1.95 bits per heavy atom. The predicted molar refractivity (Wildman–Crippen MR) is 82.3 cm³/mol. The minimum atomic E-state index is 0.124. The van der Waals surface area contributed by atoms with Crippen LogP contribution in [0.4, 0.5) is 0 Å². The molecule has 3 rings (SSSR count). The van der Waals surface area contributed by atoms with Gasteiger partial charge >= 0.3 is 0 Å². The van der Waals surface area contributed by atoms with Crippen LogP contribution in [0.1, 0.15) is 12.8 Å². The zero-order chi connectivity index (χ0) is 15.5. The molecule has 22 heavy (non-hydrogen) atoms. The Balaban J connectivity index is 1.63. The molecule has 0 radical (unpaired) electrons. The van der Waals surface area contributed by atoms with Crippen molar-refractivity contribution in [2.24, 2.45) is 0 Å². The molecule has 0 unspecified atom stereocenters. The molecule has 1 fully saturated rings. The first-order valence-electron chi connectivity index (χ1n) is 7.18. The molecule has 1 aromatic carbocycles. The Kier molecular flexibility index (Phi) is 4.40. The van der Waals surface area contributed by atoms with Gasteiger partial charge < -0.3 is 9.32 Å². The van der Waals surface area contributed by atoms with E-state index < -0.39 is 0 Å². The highest BCUT2D eigenvalue weighted by Gasteiger charge is 2.20. The summed E-state index contributed by atoms with van der Waals surface area (Å²) >= 11 is 6.13. The first-order chi connectivity index (χ1) is 10.6. The lowest BCUT2D eigenvalue weighted by atomic mass is 10.2. The standard InChI is InChI=1S/C15H17ClN4O2/c1-11(21)20-8-6-19(7-9-20)10-14-17-18-15(22-14)12-4-2-3-5-13(12)16/h2-5H,6-10H2,1H3. The van der Waals surface area contributed by atoms with Gasteiger partial charge in [-0.25, -0.2) is 0 Å². The normalized spacial score (nSPS) is 16.0. The molecule has 7 heteroatoms. The second-order valence-electron chi connectivity index (χ2n) is 5.26. The number of rotatable bonds is 3. The summed E-state index contributed by atoms with van der Waals surface area (Å²) < 4.78 is 5.70. The third kappa shape index (κ3) is 3.28. The molecule has 0 spiro atoms. The van der Waals surface area contributed by atoms with Gasteiger partial charge in [-0.3, -0.25) is 9.69 Å². The number of aromatic nitrogens is 2. The van der Waals surface area contributed by atoms with Crippen LogP contribution in [0.5, 0.6) is 0 Å². The van der Waals surface area contributed by atoms with Crippen molar-refractivity contribution in [1.29, 1.82) is 0 Å². The van der Waals surface area contributed by atoms with Crippen molar-refractivity contribution >= 4 is 17.5 Å². The summed E-state index contributed by atoms with van der Waals surface area (Å²) in [5.41, 5.74) is 0.740. The number of hydrogen-bond acceptors (Lipinski definition) is 5. The van der Waals surface area contributed by atoms with Crippen LogP contribution < -0.4 is 0 Å². The van der Waals surface area contributed by atoms with E-state index >= 15 is 0 Å². The highest BCUT2D eigenvalue weighted by atomic mass is 35.5. The van der Waals surface area contributed by atoms with Crippen molar-refractivity contribution in [1.82, 2.24) is 20.0 Å². The third-order valence-electron chi connectivity index (χ3n) is 3.75. The molecule has 1 saturated heterocycles. The minimum absolute atomic E-state index is 0.124. The Hall–Kier alpha value is -1.92. The summed E-state index contributed by atoms with van der Waals surface area (Å²) in [6, 6.07) is 7.39. The maximum absolute atomic E-state index is 11.3. The zero-order valence-corrected chi connectivity index (χ0v) is 13.1. The summed E-state index contributed by atoms with van der Waals surface area (Å²) in [7, 11) is 0. The van der Waals surface area contributed by atoms with Crippen molar-refractivity contribution in [2.45, 2.75) is 13.5 Å². The largest absolute Gasteiger partial charge is 0.419 e. The van der Waals surface area contributed by atoms with Gasteiger partial charge in [-0.1, -0.05) is 23.7 Å². The number of carbonyl (C=O) groups excluding carboxylic acids is 1. The van der Waals surface area contributed by atoms with Crippen LogP contribution in [0.15, 0.2) is 28.7 Å². The number of halogens is 1. The van der Waals surface area contributed by atoms with E-state index in [1.807, 2.05) is 23.1 Å². The molecule has 1 amide bonds. The van der Waals surface area contributed by atoms with E-state index in [2.05, 4.69) is 15.1 Å². The topological polar surface area (TPSA) is 62.5 Å². The molecule has 0 saturated carbocycles. The van der Waals surface area contributed by atoms with Gasteiger partial charge in [-0.15, -0.1) is 10.2 Å². The lowest BCUT2D eigenvalue weighted by molar-refractivity contribution is -0.130. The summed E-state index contributed by atoms with van der Waals surface area (Å²) in [4.78, 5) is 15.4. The summed E-state index contributed by atoms with van der Waals surface area (Å²) in [5, 5.41) is 8.74. The van der Waals surface area contributed by atoms with E-state index in [0.717, 1.165) is 31.7 Å². The number of piperazine rings is 1. The quantitative estimate of drug-likeness (QED) is 0.866. The van der Waals surface area contributed by atoms with E-state index in [9.17, 15) is 4.79 Å². The van der Waals surface area contributed by atoms with Gasteiger partial charge in [-0.05, 0) is 12.1 Å². The highest BCUT2D eigenvalue weighted by Crippen LogP contribution is 2.26. The van der Waals surface area contributed by atoms with E-state index in [1.165, 1.54) is 0 Å². The smallest absolute Gasteiger partial charge is 0.249 e. The average molecular weight is 321 g/mol. The number of benzene rings is 1. The van der Waals surface area contributed by atoms with Gasteiger partial charge in [0.1, 0.15) is 0 Å². The molecule has 6 nitrogen and oxygen atoms in total. The van der Waals surface area contributed by atoms with Crippen molar-refractivity contribution in [3.05, 3.63) is 35.2 Å². The van der Waals surface area contributed by atoms with E-state index in [-0.39, 0.29) is 5.91 Å². The van der Waals surface area contributed by atoms with Crippen LogP contribution in [0.3, 0.4) is 0 Å². The predicted octanol–water partition coefficient (Wildman–Crippen LogP) is 2.05. The van der Waals surface area contributed by atoms with Gasteiger partial charge in [0.2, 0.25) is 17.7 Å². The van der Waals surface area contributed by atoms with Crippen molar-refractivity contribution < 1.29 is 9.21 Å². The first-order valence-corrected chi connectivity index (χ1v) is 7.56. The van der Waals surface area contributed by atoms with Crippen LogP contribution in [-0.2, 0) is 11.3 Å². The third-order valence-corrected chi connectivity index (χ3v) is 4.08. The Labute approximate surface area is 133 Å². The fraction of sp³-hybridized carbons (Fsp3) is 0.400. The van der Waals surface area contributed by atoms with Gasteiger partial charge in [-0.2, -0.15) is 0 Å². The van der Waals surface area contributed by atoms with E-state index in [0.29, 0.717) is 23.3 Å². The van der Waals surface area contributed by atoms with Crippen LogP contribution in [-0.4, -0.2) is 52.1 Å². The molecule has 116 valence electrons. The van der Waals surface area contributed by atoms with Crippen LogP contribution in [0, 0.1) is 0 Å². The molecule has 1 aliphatic rings. The zero-order valence-electron chi connectivity index (χ0n) is 12.3. The van der Waals surface area contributed by atoms with Crippen molar-refractivity contribution in [2.75, 3.05) is 26.2 Å². The average Bonchev–Trinajstić information content (AvgIpc) is 2.96. The van der Waals surface area contributed by atoms with Crippen LogP contribution in [0.2, 0.25) is 5.02 Å². The number of carbonyl (C=O) groups is 1. The fourth-order valence-corrected chi connectivity index (χ4v) is 2.69. The SMILES string of the molecule is CC(=O)N1CCN(Cc2nnc(-c3ccccc3Cl)o2)CC1. The maximum Gasteiger partial charge on any atom is 0.249 e. The van der Waals surface area contributed by atoms with Gasteiger partial charge in [0.05, 0.1) is 17.1 Å². The van der Waals surface area contributed by atoms with Crippen molar-refractivity contribution in [3.63, 3.8) is 0 Å². The Bertz CT molecular complexity index is 665. The van der Waals surface area contributed by atoms with E-state index in [4.69, 9.17) is 16.0 Å². The molecule has 1 aliphatic heterocycles. The molecule has 0 N–H and O–H groups in total. The van der Waals surface area contributed by atoms with Gasteiger partial charge in [0, 0.05) is 33.1 Å².